The normalized spacial score (nSPS) is 13.9. The predicted molar refractivity (Wildman–Crippen MR) is 126 cm³/mol. The van der Waals surface area contributed by atoms with Gasteiger partial charge in [0.2, 0.25) is 5.95 Å². The molecule has 1 saturated heterocycles. The van der Waals surface area contributed by atoms with E-state index in [0.717, 1.165) is 29.9 Å². The average Bonchev–Trinajstić information content (AvgIpc) is 2.81. The first-order valence-corrected chi connectivity index (χ1v) is 10.8. The van der Waals surface area contributed by atoms with Gasteiger partial charge in [0.1, 0.15) is 11.3 Å². The molecular weight excluding hydrogens is 410 g/mol. The van der Waals surface area contributed by atoms with Crippen LogP contribution in [0.1, 0.15) is 19.3 Å². The molecule has 4 aromatic rings. The zero-order valence-corrected chi connectivity index (χ0v) is 17.7. The van der Waals surface area contributed by atoms with Crippen LogP contribution in [-0.4, -0.2) is 33.3 Å². The predicted octanol–water partition coefficient (Wildman–Crippen LogP) is 5.55. The highest BCUT2D eigenvalue weighted by molar-refractivity contribution is 6.35. The Morgan fingerprint density at radius 3 is 2.58 bits per heavy atom. The highest BCUT2D eigenvalue weighted by Gasteiger charge is 2.11. The van der Waals surface area contributed by atoms with Gasteiger partial charge in [-0.05, 0) is 55.7 Å². The van der Waals surface area contributed by atoms with E-state index in [4.69, 9.17) is 11.6 Å². The van der Waals surface area contributed by atoms with Crippen LogP contribution in [0.2, 0.25) is 5.02 Å². The largest absolute Gasteiger partial charge is 0.372 e. The summed E-state index contributed by atoms with van der Waals surface area (Å²) in [7, 11) is 0. The molecule has 8 heteroatoms. The van der Waals surface area contributed by atoms with Gasteiger partial charge in [-0.3, -0.25) is 0 Å². The summed E-state index contributed by atoms with van der Waals surface area (Å²) in [5, 5.41) is 16.2. The fourth-order valence-electron chi connectivity index (χ4n) is 3.81. The first kappa shape index (κ1) is 19.5. The lowest BCUT2D eigenvalue weighted by Gasteiger charge is -2.28. The number of aromatic nitrogens is 4. The molecule has 7 nitrogen and oxygen atoms in total. The van der Waals surface area contributed by atoms with E-state index in [1.165, 1.54) is 24.9 Å². The number of anilines is 5. The summed E-state index contributed by atoms with van der Waals surface area (Å²) >= 11 is 6.24. The van der Waals surface area contributed by atoms with Gasteiger partial charge in [0, 0.05) is 36.0 Å². The molecule has 2 aromatic heterocycles. The number of halogens is 1. The highest BCUT2D eigenvalue weighted by Crippen LogP contribution is 2.28. The Hall–Kier alpha value is -3.45. The van der Waals surface area contributed by atoms with E-state index < -0.39 is 0 Å². The summed E-state index contributed by atoms with van der Waals surface area (Å²) in [4.78, 5) is 11.4. The molecule has 0 unspecified atom stereocenters. The molecule has 1 fully saturated rings. The summed E-state index contributed by atoms with van der Waals surface area (Å²) in [6.07, 6.45) is 7.23. The zero-order valence-electron chi connectivity index (χ0n) is 16.9. The van der Waals surface area contributed by atoms with E-state index in [9.17, 15) is 0 Å². The first-order chi connectivity index (χ1) is 15.3. The molecule has 2 aromatic carbocycles. The minimum Gasteiger partial charge on any atom is -0.372 e. The van der Waals surface area contributed by atoms with Crippen LogP contribution in [-0.2, 0) is 0 Å². The van der Waals surface area contributed by atoms with Gasteiger partial charge in [-0.2, -0.15) is 10.1 Å². The molecule has 31 heavy (non-hydrogen) atoms. The number of piperidine rings is 1. The van der Waals surface area contributed by atoms with Gasteiger partial charge >= 0.3 is 0 Å². The Bertz CT molecular complexity index is 1190. The van der Waals surface area contributed by atoms with Crippen LogP contribution in [0, 0.1) is 0 Å². The second-order valence-electron chi connectivity index (χ2n) is 7.50. The van der Waals surface area contributed by atoms with E-state index in [2.05, 4.69) is 60.0 Å². The maximum atomic E-state index is 6.24. The zero-order chi connectivity index (χ0) is 21.0. The lowest BCUT2D eigenvalue weighted by Crippen LogP contribution is -2.29. The third kappa shape index (κ3) is 4.36. The Kier molecular flexibility index (Phi) is 5.50. The third-order valence-corrected chi connectivity index (χ3v) is 5.69. The van der Waals surface area contributed by atoms with Crippen LogP contribution in [0.5, 0.6) is 0 Å². The third-order valence-electron chi connectivity index (χ3n) is 5.38. The molecule has 1 aliphatic heterocycles. The van der Waals surface area contributed by atoms with Crippen molar-refractivity contribution in [3.8, 4) is 0 Å². The van der Waals surface area contributed by atoms with Crippen molar-refractivity contribution in [3.63, 3.8) is 0 Å². The fourth-order valence-corrected chi connectivity index (χ4v) is 4.02. The van der Waals surface area contributed by atoms with Crippen LogP contribution in [0.4, 0.5) is 28.8 Å². The lowest BCUT2D eigenvalue weighted by atomic mass is 10.1. The molecule has 0 radical (unpaired) electrons. The van der Waals surface area contributed by atoms with Crippen molar-refractivity contribution < 1.29 is 0 Å². The van der Waals surface area contributed by atoms with Crippen molar-refractivity contribution in [1.82, 2.24) is 20.2 Å². The number of benzene rings is 2. The summed E-state index contributed by atoms with van der Waals surface area (Å²) < 4.78 is 0. The van der Waals surface area contributed by atoms with E-state index in [-0.39, 0.29) is 0 Å². The molecule has 0 spiro atoms. The number of nitrogens with zero attached hydrogens (tertiary/aromatic N) is 5. The number of fused-ring (bicyclic) bond motifs is 1. The molecule has 0 saturated carbocycles. The summed E-state index contributed by atoms with van der Waals surface area (Å²) in [6, 6.07) is 15.9. The van der Waals surface area contributed by atoms with Crippen LogP contribution >= 0.6 is 11.6 Å². The molecule has 1 aliphatic rings. The van der Waals surface area contributed by atoms with Gasteiger partial charge in [-0.15, -0.1) is 5.10 Å². The molecule has 3 heterocycles. The van der Waals surface area contributed by atoms with Crippen LogP contribution < -0.4 is 15.5 Å². The summed E-state index contributed by atoms with van der Waals surface area (Å²) in [6.45, 7) is 2.26. The number of rotatable bonds is 5. The van der Waals surface area contributed by atoms with Crippen LogP contribution in [0.25, 0.3) is 10.9 Å². The minimum atomic E-state index is 0.514. The molecule has 0 bridgehead atoms. The van der Waals surface area contributed by atoms with Gasteiger partial charge in [-0.1, -0.05) is 23.7 Å². The van der Waals surface area contributed by atoms with Gasteiger partial charge in [-0.25, -0.2) is 4.98 Å². The van der Waals surface area contributed by atoms with Crippen molar-refractivity contribution in [2.24, 2.45) is 0 Å². The van der Waals surface area contributed by atoms with Crippen molar-refractivity contribution in [2.75, 3.05) is 28.6 Å². The number of nitrogens with one attached hydrogen (secondary N) is 2. The molecule has 156 valence electrons. The Morgan fingerprint density at radius 1 is 0.903 bits per heavy atom. The second-order valence-corrected chi connectivity index (χ2v) is 7.91. The van der Waals surface area contributed by atoms with Crippen molar-refractivity contribution in [2.45, 2.75) is 19.3 Å². The number of hydrogen-bond acceptors (Lipinski definition) is 7. The quantitative estimate of drug-likeness (QED) is 0.428. The van der Waals surface area contributed by atoms with Gasteiger partial charge in [0.05, 0.1) is 16.9 Å². The Morgan fingerprint density at radius 2 is 1.74 bits per heavy atom. The monoisotopic (exact) mass is 431 g/mol. The minimum absolute atomic E-state index is 0.514. The molecule has 0 amide bonds. The van der Waals surface area contributed by atoms with E-state index >= 15 is 0 Å². The van der Waals surface area contributed by atoms with Gasteiger partial charge in [0.15, 0.2) is 0 Å². The van der Waals surface area contributed by atoms with Crippen molar-refractivity contribution >= 4 is 51.3 Å². The van der Waals surface area contributed by atoms with E-state index in [1.807, 2.05) is 12.1 Å². The first-order valence-electron chi connectivity index (χ1n) is 10.4. The maximum Gasteiger partial charge on any atom is 0.229 e. The summed E-state index contributed by atoms with van der Waals surface area (Å²) in [5.74, 6) is 1.16. The second kappa shape index (κ2) is 8.73. The molecule has 5 rings (SSSR count). The fraction of sp³-hybridized carbons (Fsp3) is 0.217. The van der Waals surface area contributed by atoms with E-state index in [1.54, 1.807) is 24.5 Å². The van der Waals surface area contributed by atoms with E-state index in [0.29, 0.717) is 22.3 Å². The maximum absolute atomic E-state index is 6.24. The summed E-state index contributed by atoms with van der Waals surface area (Å²) in [5.41, 5.74) is 3.64. The smallest absolute Gasteiger partial charge is 0.229 e. The topological polar surface area (TPSA) is 78.9 Å². The molecule has 0 aliphatic carbocycles. The molecule has 0 atom stereocenters. The van der Waals surface area contributed by atoms with Crippen molar-refractivity contribution in [3.05, 3.63) is 65.9 Å². The Labute approximate surface area is 185 Å². The Balaban J connectivity index is 1.32. The molecular formula is C23H22ClN7. The van der Waals surface area contributed by atoms with Crippen LogP contribution in [0.3, 0.4) is 0 Å². The SMILES string of the molecule is Clc1cccc2c(Nc3ccnc(Nc4ccc(N5CCCCC5)cc4)n3)cnnc12. The highest BCUT2D eigenvalue weighted by atomic mass is 35.5. The van der Waals surface area contributed by atoms with Gasteiger partial charge < -0.3 is 15.5 Å². The molecule has 2 N–H and O–H groups in total. The van der Waals surface area contributed by atoms with Crippen LogP contribution in [0.15, 0.2) is 60.9 Å². The van der Waals surface area contributed by atoms with Crippen molar-refractivity contribution in [1.29, 1.82) is 0 Å². The van der Waals surface area contributed by atoms with Gasteiger partial charge in [0.25, 0.3) is 0 Å². The lowest BCUT2D eigenvalue weighted by molar-refractivity contribution is 0.578. The standard InChI is InChI=1S/C23H22ClN7/c24-19-6-4-5-18-20(15-26-30-22(18)19)28-21-11-12-25-23(29-21)27-16-7-9-17(10-8-16)31-13-2-1-3-14-31/h4-12,15H,1-3,13-14H2,(H2,25,27,28,29,30). The average molecular weight is 432 g/mol. The number of hydrogen-bond donors (Lipinski definition) is 2.